The summed E-state index contributed by atoms with van der Waals surface area (Å²) in [5.41, 5.74) is 2.65. The Kier molecular flexibility index (Phi) is 3.83. The highest BCUT2D eigenvalue weighted by Gasteiger charge is 2.25. The number of hydrogen-bond donors (Lipinski definition) is 1. The topological polar surface area (TPSA) is 21.3 Å². The van der Waals surface area contributed by atoms with E-state index in [0.29, 0.717) is 6.04 Å². The third-order valence-electron chi connectivity index (χ3n) is 3.33. The highest BCUT2D eigenvalue weighted by Crippen LogP contribution is 2.30. The molecule has 0 heterocycles. The maximum absolute atomic E-state index is 5.14. The van der Waals surface area contributed by atoms with E-state index in [1.54, 1.807) is 7.11 Å². The Bertz CT molecular complexity index is 331. The minimum atomic E-state index is 0.679. The number of hydrogen-bond acceptors (Lipinski definition) is 2. The van der Waals surface area contributed by atoms with Crippen molar-refractivity contribution in [3.05, 3.63) is 29.8 Å². The van der Waals surface area contributed by atoms with Crippen LogP contribution in [0.2, 0.25) is 0 Å². The summed E-state index contributed by atoms with van der Waals surface area (Å²) in [5, 5.41) is 3.63. The molecule has 0 saturated heterocycles. The third-order valence-corrected chi connectivity index (χ3v) is 3.33. The van der Waals surface area contributed by atoms with Crippen LogP contribution in [0.15, 0.2) is 24.3 Å². The van der Waals surface area contributed by atoms with E-state index >= 15 is 0 Å². The Hall–Kier alpha value is -1.02. The van der Waals surface area contributed by atoms with E-state index in [1.807, 2.05) is 0 Å². The first kappa shape index (κ1) is 11.5. The lowest BCUT2D eigenvalue weighted by Gasteiger charge is -2.34. The van der Waals surface area contributed by atoms with Gasteiger partial charge in [0, 0.05) is 18.8 Å². The van der Waals surface area contributed by atoms with Gasteiger partial charge in [-0.05, 0) is 36.8 Å². The van der Waals surface area contributed by atoms with Gasteiger partial charge in [0.05, 0.1) is 6.61 Å². The molecule has 2 nitrogen and oxygen atoms in total. The van der Waals surface area contributed by atoms with Gasteiger partial charge in [-0.25, -0.2) is 0 Å². The third kappa shape index (κ3) is 2.76. The van der Waals surface area contributed by atoms with E-state index in [2.05, 4.69) is 36.5 Å². The van der Waals surface area contributed by atoms with Crippen molar-refractivity contribution in [1.29, 1.82) is 0 Å². The molecular weight excluding hydrogens is 198 g/mol. The molecule has 2 rings (SSSR count). The molecule has 1 N–H and O–H groups in total. The molecule has 0 bridgehead atoms. The molecule has 0 unspecified atom stereocenters. The van der Waals surface area contributed by atoms with E-state index in [4.69, 9.17) is 4.74 Å². The van der Waals surface area contributed by atoms with E-state index < -0.39 is 0 Å². The van der Waals surface area contributed by atoms with Crippen molar-refractivity contribution in [2.45, 2.75) is 32.2 Å². The summed E-state index contributed by atoms with van der Waals surface area (Å²) in [5.74, 6) is 0.892. The van der Waals surface area contributed by atoms with Crippen LogP contribution < -0.4 is 5.32 Å². The molecule has 1 saturated carbocycles. The zero-order valence-electron chi connectivity index (χ0n) is 10.2. The largest absolute Gasteiger partial charge is 0.384 e. The maximum atomic E-state index is 5.14. The van der Waals surface area contributed by atoms with Crippen molar-refractivity contribution in [3.8, 4) is 0 Å². The van der Waals surface area contributed by atoms with Crippen molar-refractivity contribution in [2.24, 2.45) is 5.92 Å². The van der Waals surface area contributed by atoms with Crippen molar-refractivity contribution in [3.63, 3.8) is 0 Å². The molecular formula is C14H21NO. The first-order valence-corrected chi connectivity index (χ1v) is 6.13. The molecule has 0 radical (unpaired) electrons. The lowest BCUT2D eigenvalue weighted by molar-refractivity contribution is 0.202. The van der Waals surface area contributed by atoms with E-state index in [-0.39, 0.29) is 0 Å². The molecule has 1 aliphatic carbocycles. The normalized spacial score (nSPS) is 23.9. The number of methoxy groups -OCH3 is 1. The molecule has 1 aromatic rings. The van der Waals surface area contributed by atoms with Gasteiger partial charge in [-0.2, -0.15) is 0 Å². The summed E-state index contributed by atoms with van der Waals surface area (Å²) in [6.45, 7) is 3.11. The Labute approximate surface area is 98.0 Å². The summed E-state index contributed by atoms with van der Waals surface area (Å²) in [7, 11) is 1.75. The number of nitrogens with one attached hydrogen (secondary N) is 1. The van der Waals surface area contributed by atoms with Gasteiger partial charge in [0.2, 0.25) is 0 Å². The molecule has 88 valence electrons. The molecule has 1 aliphatic rings. The summed E-state index contributed by atoms with van der Waals surface area (Å²) >= 11 is 0. The Morgan fingerprint density at radius 3 is 2.75 bits per heavy atom. The number of ether oxygens (including phenoxy) is 1. The maximum Gasteiger partial charge on any atom is 0.0503 e. The van der Waals surface area contributed by atoms with Gasteiger partial charge >= 0.3 is 0 Å². The Morgan fingerprint density at radius 1 is 1.31 bits per heavy atom. The molecule has 0 aliphatic heterocycles. The predicted molar refractivity (Wildman–Crippen MR) is 67.8 cm³/mol. The van der Waals surface area contributed by atoms with Crippen LogP contribution in [0.25, 0.3) is 0 Å². The highest BCUT2D eigenvalue weighted by molar-refractivity contribution is 5.52. The van der Waals surface area contributed by atoms with Crippen LogP contribution in [0, 0.1) is 5.92 Å². The van der Waals surface area contributed by atoms with Crippen molar-refractivity contribution < 1.29 is 4.74 Å². The lowest BCUT2D eigenvalue weighted by Crippen LogP contribution is -2.34. The number of anilines is 1. The predicted octanol–water partition coefficient (Wildman–Crippen LogP) is 3.09. The van der Waals surface area contributed by atoms with Gasteiger partial charge in [0.1, 0.15) is 0 Å². The molecule has 0 atom stereocenters. The van der Waals surface area contributed by atoms with Crippen LogP contribution in [-0.2, 0) is 11.2 Å². The van der Waals surface area contributed by atoms with Crippen LogP contribution in [0.3, 0.4) is 0 Å². The molecule has 2 heteroatoms. The summed E-state index contributed by atoms with van der Waals surface area (Å²) < 4.78 is 5.14. The highest BCUT2D eigenvalue weighted by atomic mass is 16.5. The second-order valence-corrected chi connectivity index (χ2v) is 4.82. The number of benzene rings is 1. The fraction of sp³-hybridized carbons (Fsp3) is 0.571. The zero-order chi connectivity index (χ0) is 11.4. The average molecular weight is 219 g/mol. The SMILES string of the molecule is COCCc1ccccc1NC1CC(C)C1. The van der Waals surface area contributed by atoms with Crippen molar-refractivity contribution >= 4 is 5.69 Å². The lowest BCUT2D eigenvalue weighted by atomic mass is 9.81. The van der Waals surface area contributed by atoms with Gasteiger partial charge in [-0.1, -0.05) is 25.1 Å². The van der Waals surface area contributed by atoms with Crippen LogP contribution in [-0.4, -0.2) is 19.8 Å². The Balaban J connectivity index is 1.96. The summed E-state index contributed by atoms with van der Waals surface area (Å²) in [6, 6.07) is 9.23. The molecule has 16 heavy (non-hydrogen) atoms. The van der Waals surface area contributed by atoms with Crippen LogP contribution in [0.4, 0.5) is 5.69 Å². The molecule has 1 aromatic carbocycles. The fourth-order valence-corrected chi connectivity index (χ4v) is 2.33. The van der Waals surface area contributed by atoms with Gasteiger partial charge in [0.25, 0.3) is 0 Å². The average Bonchev–Trinajstić information content (AvgIpc) is 2.26. The smallest absolute Gasteiger partial charge is 0.0503 e. The monoisotopic (exact) mass is 219 g/mol. The van der Waals surface area contributed by atoms with Gasteiger partial charge in [-0.15, -0.1) is 0 Å². The van der Waals surface area contributed by atoms with Crippen molar-refractivity contribution in [1.82, 2.24) is 0 Å². The summed E-state index contributed by atoms with van der Waals surface area (Å²) in [4.78, 5) is 0. The standard InChI is InChI=1S/C14H21NO/c1-11-9-13(10-11)15-14-6-4-3-5-12(14)7-8-16-2/h3-6,11,13,15H,7-10H2,1-2H3. The first-order valence-electron chi connectivity index (χ1n) is 6.13. The minimum Gasteiger partial charge on any atom is -0.384 e. The van der Waals surface area contributed by atoms with Gasteiger partial charge < -0.3 is 10.1 Å². The minimum absolute atomic E-state index is 0.679. The van der Waals surface area contributed by atoms with Gasteiger partial charge in [0.15, 0.2) is 0 Å². The molecule has 0 amide bonds. The quantitative estimate of drug-likeness (QED) is 0.821. The van der Waals surface area contributed by atoms with Crippen molar-refractivity contribution in [2.75, 3.05) is 19.0 Å². The second kappa shape index (κ2) is 5.35. The summed E-state index contributed by atoms with van der Waals surface area (Å²) in [6.07, 6.45) is 3.60. The molecule has 1 fully saturated rings. The fourth-order valence-electron chi connectivity index (χ4n) is 2.33. The zero-order valence-corrected chi connectivity index (χ0v) is 10.2. The number of para-hydroxylation sites is 1. The van der Waals surface area contributed by atoms with Crippen LogP contribution in [0.1, 0.15) is 25.3 Å². The van der Waals surface area contributed by atoms with E-state index in [9.17, 15) is 0 Å². The second-order valence-electron chi connectivity index (χ2n) is 4.82. The van der Waals surface area contributed by atoms with Crippen LogP contribution in [0.5, 0.6) is 0 Å². The van der Waals surface area contributed by atoms with E-state index in [0.717, 1.165) is 18.9 Å². The Morgan fingerprint density at radius 2 is 2.06 bits per heavy atom. The molecule has 0 spiro atoms. The number of rotatable bonds is 5. The molecule has 0 aromatic heterocycles. The van der Waals surface area contributed by atoms with Gasteiger partial charge in [-0.3, -0.25) is 0 Å². The first-order chi connectivity index (χ1) is 7.79. The van der Waals surface area contributed by atoms with E-state index in [1.165, 1.54) is 24.1 Å². The van der Waals surface area contributed by atoms with Crippen LogP contribution >= 0.6 is 0 Å².